The molecule has 1 unspecified atom stereocenters. The van der Waals surface area contributed by atoms with E-state index in [4.69, 9.17) is 5.73 Å². The number of nitrogens with two attached hydrogens (primary N) is 1. The fourth-order valence-electron chi connectivity index (χ4n) is 3.77. The summed E-state index contributed by atoms with van der Waals surface area (Å²) < 4.78 is 0. The van der Waals surface area contributed by atoms with Gasteiger partial charge < -0.3 is 5.73 Å². The summed E-state index contributed by atoms with van der Waals surface area (Å²) >= 11 is 0. The molecule has 1 aromatic rings. The lowest BCUT2D eigenvalue weighted by Gasteiger charge is -2.20. The van der Waals surface area contributed by atoms with Crippen molar-refractivity contribution in [3.05, 3.63) is 60.2 Å². The summed E-state index contributed by atoms with van der Waals surface area (Å²) in [7, 11) is 1.98. The van der Waals surface area contributed by atoms with Gasteiger partial charge in [0.2, 0.25) is 0 Å². The Morgan fingerprint density at radius 1 is 1.36 bits per heavy atom. The third kappa shape index (κ3) is 5.30. The zero-order valence-electron chi connectivity index (χ0n) is 16.0. The van der Waals surface area contributed by atoms with E-state index in [1.165, 1.54) is 24.8 Å². The van der Waals surface area contributed by atoms with E-state index < -0.39 is 0 Å². The quantitative estimate of drug-likeness (QED) is 0.433. The smallest absolute Gasteiger partial charge is 0.0898 e. The maximum Gasteiger partial charge on any atom is 0.0898 e. The van der Waals surface area contributed by atoms with Crippen molar-refractivity contribution >= 4 is 5.71 Å². The molecule has 136 valence electrons. The summed E-state index contributed by atoms with van der Waals surface area (Å²) in [5, 5.41) is 6.60. The molecular formula is C22H33N3. The molecule has 1 saturated carbocycles. The SMILES string of the molecule is C=C/C(=N\N(C)C/C=C/C)c1cccc(C[C@H]2CC[C@@H](CC)C2N)c1. The van der Waals surface area contributed by atoms with Crippen LogP contribution in [0, 0.1) is 11.8 Å². The zero-order valence-corrected chi connectivity index (χ0v) is 16.0. The fourth-order valence-corrected chi connectivity index (χ4v) is 3.77. The van der Waals surface area contributed by atoms with Crippen molar-refractivity contribution in [1.82, 2.24) is 5.01 Å². The van der Waals surface area contributed by atoms with Crippen LogP contribution in [-0.4, -0.2) is 30.4 Å². The van der Waals surface area contributed by atoms with Gasteiger partial charge in [0.05, 0.1) is 12.3 Å². The highest BCUT2D eigenvalue weighted by molar-refractivity contribution is 6.08. The van der Waals surface area contributed by atoms with Crippen LogP contribution in [0.3, 0.4) is 0 Å². The van der Waals surface area contributed by atoms with E-state index in [0.29, 0.717) is 17.9 Å². The molecule has 0 amide bonds. The maximum atomic E-state index is 6.47. The van der Waals surface area contributed by atoms with Crippen LogP contribution in [0.5, 0.6) is 0 Å². The molecule has 1 aliphatic carbocycles. The Hall–Kier alpha value is -1.87. The molecule has 0 heterocycles. The molecule has 3 atom stereocenters. The first kappa shape index (κ1) is 19.5. The molecule has 2 N–H and O–H groups in total. The second-order valence-electron chi connectivity index (χ2n) is 7.09. The molecule has 1 aromatic carbocycles. The van der Waals surface area contributed by atoms with Crippen molar-refractivity contribution in [2.24, 2.45) is 22.7 Å². The van der Waals surface area contributed by atoms with E-state index in [1.54, 1.807) is 0 Å². The molecule has 1 aliphatic rings. The van der Waals surface area contributed by atoms with Crippen molar-refractivity contribution in [2.45, 2.75) is 45.6 Å². The van der Waals surface area contributed by atoms with E-state index in [0.717, 1.165) is 24.2 Å². The number of likely N-dealkylation sites (N-methyl/N-ethyl adjacent to an activating group) is 1. The summed E-state index contributed by atoms with van der Waals surface area (Å²) in [6.07, 6.45) is 10.7. The van der Waals surface area contributed by atoms with E-state index in [9.17, 15) is 0 Å². The van der Waals surface area contributed by atoms with Crippen LogP contribution in [0.2, 0.25) is 0 Å². The molecule has 3 heteroatoms. The van der Waals surface area contributed by atoms with Crippen molar-refractivity contribution in [1.29, 1.82) is 0 Å². The first-order valence-electron chi connectivity index (χ1n) is 9.47. The molecule has 3 nitrogen and oxygen atoms in total. The normalized spacial score (nSPS) is 24.0. The number of hydrogen-bond acceptors (Lipinski definition) is 3. The second kappa shape index (κ2) is 9.57. The van der Waals surface area contributed by atoms with Crippen molar-refractivity contribution in [3.8, 4) is 0 Å². The zero-order chi connectivity index (χ0) is 18.2. The van der Waals surface area contributed by atoms with E-state index in [1.807, 2.05) is 31.1 Å². The predicted octanol–water partition coefficient (Wildman–Crippen LogP) is 4.39. The van der Waals surface area contributed by atoms with E-state index >= 15 is 0 Å². The number of hydrogen-bond donors (Lipinski definition) is 1. The van der Waals surface area contributed by atoms with Crippen LogP contribution in [0.25, 0.3) is 0 Å². The van der Waals surface area contributed by atoms with Gasteiger partial charge in [0.25, 0.3) is 0 Å². The van der Waals surface area contributed by atoms with Crippen molar-refractivity contribution in [2.75, 3.05) is 13.6 Å². The third-order valence-electron chi connectivity index (χ3n) is 5.32. The minimum Gasteiger partial charge on any atom is -0.327 e. The van der Waals surface area contributed by atoms with Gasteiger partial charge in [0.15, 0.2) is 0 Å². The molecule has 0 aromatic heterocycles. The standard InChI is InChI=1S/C22H33N3/c1-5-8-14-25(4)24-21(7-3)19-11-9-10-17(15-19)16-20-13-12-18(6-2)22(20)23/h5,7-11,15,18,20,22H,3,6,12-14,16,23H2,1-2,4H3/b8-5+,24-21+/t18-,20-,22?/m1/s1. The first-order chi connectivity index (χ1) is 12.1. The van der Waals surface area contributed by atoms with Crippen molar-refractivity contribution < 1.29 is 0 Å². The van der Waals surface area contributed by atoms with E-state index in [2.05, 4.69) is 48.9 Å². The molecule has 25 heavy (non-hydrogen) atoms. The Kier molecular flexibility index (Phi) is 7.45. The van der Waals surface area contributed by atoms with Gasteiger partial charge in [-0.05, 0) is 55.7 Å². The number of nitrogens with zero attached hydrogens (tertiary/aromatic N) is 2. The summed E-state index contributed by atoms with van der Waals surface area (Å²) in [4.78, 5) is 0. The molecular weight excluding hydrogens is 306 g/mol. The molecule has 0 saturated heterocycles. The highest BCUT2D eigenvalue weighted by atomic mass is 15.4. The second-order valence-corrected chi connectivity index (χ2v) is 7.09. The van der Waals surface area contributed by atoms with Crippen LogP contribution >= 0.6 is 0 Å². The topological polar surface area (TPSA) is 41.6 Å². The highest BCUT2D eigenvalue weighted by Gasteiger charge is 2.31. The van der Waals surface area contributed by atoms with Gasteiger partial charge >= 0.3 is 0 Å². The maximum absolute atomic E-state index is 6.47. The molecule has 1 fully saturated rings. The van der Waals surface area contributed by atoms with Crippen LogP contribution in [-0.2, 0) is 6.42 Å². The van der Waals surface area contributed by atoms with Crippen LogP contribution in [0.1, 0.15) is 44.2 Å². The van der Waals surface area contributed by atoms with Gasteiger partial charge in [-0.25, -0.2) is 0 Å². The Balaban J connectivity index is 2.11. The van der Waals surface area contributed by atoms with Gasteiger partial charge in [0.1, 0.15) is 0 Å². The van der Waals surface area contributed by atoms with Crippen molar-refractivity contribution in [3.63, 3.8) is 0 Å². The summed E-state index contributed by atoms with van der Waals surface area (Å²) in [5.74, 6) is 1.29. The highest BCUT2D eigenvalue weighted by Crippen LogP contribution is 2.34. The number of hydrazone groups is 1. The Bertz CT molecular complexity index is 617. The van der Waals surface area contributed by atoms with E-state index in [-0.39, 0.29) is 0 Å². The molecule has 0 spiro atoms. The lowest BCUT2D eigenvalue weighted by atomic mass is 9.90. The summed E-state index contributed by atoms with van der Waals surface area (Å²) in [6.45, 7) is 9.01. The van der Waals surface area contributed by atoms with Gasteiger partial charge in [-0.2, -0.15) is 5.10 Å². The monoisotopic (exact) mass is 339 g/mol. The minimum atomic E-state index is 0.341. The summed E-state index contributed by atoms with van der Waals surface area (Å²) in [6, 6.07) is 9.02. The summed E-state index contributed by atoms with van der Waals surface area (Å²) in [5.41, 5.74) is 9.85. The third-order valence-corrected chi connectivity index (χ3v) is 5.32. The fraction of sp³-hybridized carbons (Fsp3) is 0.500. The van der Waals surface area contributed by atoms with Gasteiger partial charge in [-0.1, -0.05) is 50.3 Å². The molecule has 0 radical (unpaired) electrons. The average molecular weight is 340 g/mol. The largest absolute Gasteiger partial charge is 0.327 e. The lowest BCUT2D eigenvalue weighted by molar-refractivity contribution is 0.395. The number of benzene rings is 1. The van der Waals surface area contributed by atoms with Gasteiger partial charge in [0, 0.05) is 18.7 Å². The Labute approximate surface area is 153 Å². The van der Waals surface area contributed by atoms with Gasteiger partial charge in [-0.3, -0.25) is 5.01 Å². The average Bonchev–Trinajstić information content (AvgIpc) is 2.97. The van der Waals surface area contributed by atoms with Crippen LogP contribution in [0.4, 0.5) is 0 Å². The van der Waals surface area contributed by atoms with Gasteiger partial charge in [-0.15, -0.1) is 0 Å². The molecule has 0 bridgehead atoms. The lowest BCUT2D eigenvalue weighted by Crippen LogP contribution is -2.32. The van der Waals surface area contributed by atoms with Crippen LogP contribution in [0.15, 0.2) is 54.2 Å². The minimum absolute atomic E-state index is 0.341. The number of rotatable bonds is 8. The molecule has 0 aliphatic heterocycles. The molecule has 2 rings (SSSR count). The first-order valence-corrected chi connectivity index (χ1v) is 9.47. The Morgan fingerprint density at radius 2 is 2.12 bits per heavy atom. The van der Waals surface area contributed by atoms with Crippen LogP contribution < -0.4 is 5.73 Å². The Morgan fingerprint density at radius 3 is 2.76 bits per heavy atom. The predicted molar refractivity (Wildman–Crippen MR) is 109 cm³/mol. The number of allylic oxidation sites excluding steroid dienone is 2.